The van der Waals surface area contributed by atoms with Crippen molar-refractivity contribution in [2.45, 2.75) is 13.5 Å². The van der Waals surface area contributed by atoms with E-state index in [-0.39, 0.29) is 0 Å². The molecule has 3 aromatic rings. The van der Waals surface area contributed by atoms with Crippen LogP contribution in [0.15, 0.2) is 42.5 Å². The minimum atomic E-state index is 0.470. The topological polar surface area (TPSA) is 53.1 Å². The largest absolute Gasteiger partial charge is 0.492 e. The summed E-state index contributed by atoms with van der Waals surface area (Å²) in [4.78, 5) is 4.43. The monoisotopic (exact) mass is 301 g/mol. The van der Waals surface area contributed by atoms with E-state index < -0.39 is 0 Å². The first-order chi connectivity index (χ1) is 10.2. The number of para-hydroxylation sites is 1. The van der Waals surface area contributed by atoms with Crippen molar-refractivity contribution in [3.05, 3.63) is 53.1 Å². The van der Waals surface area contributed by atoms with Gasteiger partial charge in [0, 0.05) is 5.02 Å². The molecule has 0 aliphatic rings. The van der Waals surface area contributed by atoms with Gasteiger partial charge in [-0.2, -0.15) is 0 Å². The highest BCUT2D eigenvalue weighted by molar-refractivity contribution is 6.30. The smallest absolute Gasteiger partial charge is 0.201 e. The summed E-state index contributed by atoms with van der Waals surface area (Å²) in [5.41, 5.74) is 8.89. The molecule has 21 heavy (non-hydrogen) atoms. The van der Waals surface area contributed by atoms with Crippen molar-refractivity contribution in [2.24, 2.45) is 0 Å². The number of imidazole rings is 1. The molecular weight excluding hydrogens is 286 g/mol. The van der Waals surface area contributed by atoms with E-state index in [0.29, 0.717) is 24.1 Å². The molecule has 0 bridgehead atoms. The molecule has 0 fully saturated rings. The number of ether oxygens (including phenoxy) is 1. The van der Waals surface area contributed by atoms with Gasteiger partial charge in [-0.15, -0.1) is 0 Å². The summed E-state index contributed by atoms with van der Waals surface area (Å²) >= 11 is 6.03. The Morgan fingerprint density at radius 2 is 2.05 bits per heavy atom. The Kier molecular flexibility index (Phi) is 3.71. The minimum absolute atomic E-state index is 0.470. The van der Waals surface area contributed by atoms with Gasteiger partial charge in [-0.1, -0.05) is 29.8 Å². The summed E-state index contributed by atoms with van der Waals surface area (Å²) in [7, 11) is 0. The van der Waals surface area contributed by atoms with Gasteiger partial charge in [0.25, 0.3) is 0 Å². The summed E-state index contributed by atoms with van der Waals surface area (Å²) in [6.07, 6.45) is 0. The van der Waals surface area contributed by atoms with Crippen LogP contribution in [-0.2, 0) is 6.54 Å². The molecule has 0 radical (unpaired) electrons. The molecule has 3 rings (SSSR count). The molecule has 4 nitrogen and oxygen atoms in total. The van der Waals surface area contributed by atoms with Crippen molar-refractivity contribution in [2.75, 3.05) is 12.3 Å². The lowest BCUT2D eigenvalue weighted by molar-refractivity contribution is 0.343. The van der Waals surface area contributed by atoms with Gasteiger partial charge in [0.05, 0.1) is 18.7 Å². The number of hydrogen-bond donors (Lipinski definition) is 1. The highest BCUT2D eigenvalue weighted by Crippen LogP contribution is 2.28. The predicted octanol–water partition coefficient (Wildman–Crippen LogP) is 3.72. The van der Waals surface area contributed by atoms with Crippen LogP contribution in [0.1, 0.15) is 12.5 Å². The quantitative estimate of drug-likeness (QED) is 0.799. The number of rotatable bonds is 4. The van der Waals surface area contributed by atoms with E-state index in [0.717, 1.165) is 22.3 Å². The molecule has 2 N–H and O–H groups in total. The van der Waals surface area contributed by atoms with Gasteiger partial charge in [0.1, 0.15) is 11.3 Å². The van der Waals surface area contributed by atoms with E-state index >= 15 is 0 Å². The Labute approximate surface area is 128 Å². The molecule has 0 atom stereocenters. The van der Waals surface area contributed by atoms with E-state index in [1.54, 1.807) is 0 Å². The Bertz CT molecular complexity index is 782. The summed E-state index contributed by atoms with van der Waals surface area (Å²) < 4.78 is 7.57. The maximum atomic E-state index is 6.07. The van der Waals surface area contributed by atoms with Crippen molar-refractivity contribution in [1.29, 1.82) is 0 Å². The molecule has 0 spiro atoms. The van der Waals surface area contributed by atoms with E-state index in [1.807, 2.05) is 54.0 Å². The summed E-state index contributed by atoms with van der Waals surface area (Å²) in [6.45, 7) is 3.17. The molecule has 2 aromatic carbocycles. The molecule has 0 aliphatic carbocycles. The van der Waals surface area contributed by atoms with Crippen molar-refractivity contribution in [1.82, 2.24) is 9.55 Å². The zero-order valence-corrected chi connectivity index (χ0v) is 12.5. The molecule has 108 valence electrons. The van der Waals surface area contributed by atoms with E-state index in [1.165, 1.54) is 0 Å². The van der Waals surface area contributed by atoms with E-state index in [9.17, 15) is 0 Å². The zero-order chi connectivity index (χ0) is 14.8. The molecular formula is C16H16ClN3O. The number of nitrogens with two attached hydrogens (primary N) is 1. The van der Waals surface area contributed by atoms with E-state index in [4.69, 9.17) is 22.1 Å². The van der Waals surface area contributed by atoms with Crippen LogP contribution >= 0.6 is 11.6 Å². The third-order valence-corrected chi connectivity index (χ3v) is 3.54. The highest BCUT2D eigenvalue weighted by Gasteiger charge is 2.12. The van der Waals surface area contributed by atoms with Crippen LogP contribution in [0.2, 0.25) is 5.02 Å². The van der Waals surface area contributed by atoms with Crippen molar-refractivity contribution in [3.8, 4) is 5.75 Å². The fourth-order valence-electron chi connectivity index (χ4n) is 2.40. The average molecular weight is 302 g/mol. The van der Waals surface area contributed by atoms with Crippen LogP contribution in [0.25, 0.3) is 11.0 Å². The third-order valence-electron chi connectivity index (χ3n) is 3.30. The summed E-state index contributed by atoms with van der Waals surface area (Å²) in [6, 6.07) is 13.6. The van der Waals surface area contributed by atoms with Gasteiger partial charge in [0.15, 0.2) is 0 Å². The Morgan fingerprint density at radius 3 is 2.81 bits per heavy atom. The third kappa shape index (κ3) is 2.67. The molecule has 1 heterocycles. The van der Waals surface area contributed by atoms with Crippen LogP contribution in [0.5, 0.6) is 5.75 Å². The first-order valence-electron chi connectivity index (χ1n) is 6.81. The number of benzene rings is 2. The minimum Gasteiger partial charge on any atom is -0.492 e. The zero-order valence-electron chi connectivity index (χ0n) is 11.7. The van der Waals surface area contributed by atoms with Gasteiger partial charge < -0.3 is 15.0 Å². The first kappa shape index (κ1) is 13.8. The molecule has 0 saturated carbocycles. The maximum Gasteiger partial charge on any atom is 0.201 e. The number of fused-ring (bicyclic) bond motifs is 1. The average Bonchev–Trinajstić information content (AvgIpc) is 2.77. The molecule has 0 amide bonds. The van der Waals surface area contributed by atoms with Crippen LogP contribution in [0.4, 0.5) is 5.95 Å². The van der Waals surface area contributed by atoms with Crippen molar-refractivity contribution in [3.63, 3.8) is 0 Å². The van der Waals surface area contributed by atoms with Crippen molar-refractivity contribution < 1.29 is 4.74 Å². The Morgan fingerprint density at radius 1 is 1.24 bits per heavy atom. The molecule has 0 saturated heterocycles. The Balaban J connectivity index is 2.06. The highest BCUT2D eigenvalue weighted by atomic mass is 35.5. The fourth-order valence-corrected chi connectivity index (χ4v) is 2.61. The van der Waals surface area contributed by atoms with Crippen LogP contribution in [-0.4, -0.2) is 16.2 Å². The van der Waals surface area contributed by atoms with Gasteiger partial charge in [-0.25, -0.2) is 4.98 Å². The summed E-state index contributed by atoms with van der Waals surface area (Å²) in [5.74, 6) is 1.23. The lowest BCUT2D eigenvalue weighted by Gasteiger charge is -2.08. The molecule has 0 unspecified atom stereocenters. The number of nitrogen functional groups attached to an aromatic ring is 1. The normalized spacial score (nSPS) is 11.0. The number of hydrogen-bond acceptors (Lipinski definition) is 3. The van der Waals surface area contributed by atoms with Crippen molar-refractivity contribution >= 4 is 28.6 Å². The second-order valence-corrected chi connectivity index (χ2v) is 5.18. The van der Waals surface area contributed by atoms with Gasteiger partial charge in [0.2, 0.25) is 5.95 Å². The van der Waals surface area contributed by atoms with Crippen LogP contribution < -0.4 is 10.5 Å². The molecule has 1 aromatic heterocycles. The second-order valence-electron chi connectivity index (χ2n) is 4.74. The fraction of sp³-hybridized carbons (Fsp3) is 0.188. The van der Waals surface area contributed by atoms with Crippen LogP contribution in [0, 0.1) is 0 Å². The van der Waals surface area contributed by atoms with Gasteiger partial charge in [-0.3, -0.25) is 0 Å². The molecule has 0 aliphatic heterocycles. The second kappa shape index (κ2) is 5.66. The number of anilines is 1. The lowest BCUT2D eigenvalue weighted by Crippen LogP contribution is -2.04. The van der Waals surface area contributed by atoms with Crippen LogP contribution in [0.3, 0.4) is 0 Å². The van der Waals surface area contributed by atoms with E-state index in [2.05, 4.69) is 4.98 Å². The summed E-state index contributed by atoms with van der Waals surface area (Å²) in [5, 5.41) is 0.713. The maximum absolute atomic E-state index is 6.07. The number of aromatic nitrogens is 2. The standard InChI is InChI=1S/C16H16ClN3O/c1-2-21-14-8-4-7-13-15(14)19-16(18)20(13)10-11-5-3-6-12(17)9-11/h3-9H,2,10H2,1H3,(H2,18,19). The lowest BCUT2D eigenvalue weighted by atomic mass is 10.2. The molecule has 5 heteroatoms. The Hall–Kier alpha value is -2.20. The van der Waals surface area contributed by atoms with Gasteiger partial charge >= 0.3 is 0 Å². The first-order valence-corrected chi connectivity index (χ1v) is 7.19. The number of halogens is 1. The number of nitrogens with zero attached hydrogens (tertiary/aromatic N) is 2. The predicted molar refractivity (Wildman–Crippen MR) is 85.9 cm³/mol. The van der Waals surface area contributed by atoms with Gasteiger partial charge in [-0.05, 0) is 36.8 Å². The SMILES string of the molecule is CCOc1cccc2c1nc(N)n2Cc1cccc(Cl)c1.